The molecule has 11 heavy (non-hydrogen) atoms. The molecule has 0 bridgehead atoms. The van der Waals surface area contributed by atoms with Crippen LogP contribution in [0.4, 0.5) is 5.69 Å². The third kappa shape index (κ3) is 1.73. The summed E-state index contributed by atoms with van der Waals surface area (Å²) in [4.78, 5) is 10.3. The minimum absolute atomic E-state index is 0.415. The molecule has 0 aliphatic rings. The number of hydrogen-bond donors (Lipinski definition) is 1. The summed E-state index contributed by atoms with van der Waals surface area (Å²) in [6, 6.07) is 3.13. The summed E-state index contributed by atoms with van der Waals surface area (Å²) >= 11 is 8.88. The van der Waals surface area contributed by atoms with Gasteiger partial charge in [-0.15, -0.1) is 0 Å². The van der Waals surface area contributed by atoms with Crippen LogP contribution in [0.1, 0.15) is 10.4 Å². The van der Waals surface area contributed by atoms with E-state index in [0.717, 1.165) is 0 Å². The van der Waals surface area contributed by atoms with Crippen LogP contribution in [0, 0.1) is 0 Å². The summed E-state index contributed by atoms with van der Waals surface area (Å²) in [6.07, 6.45) is 0.674. The Kier molecular flexibility index (Phi) is 2.52. The molecule has 1 aromatic carbocycles. The maximum absolute atomic E-state index is 10.3. The first-order chi connectivity index (χ1) is 5.15. The molecule has 4 heteroatoms. The van der Waals surface area contributed by atoms with E-state index in [0.29, 0.717) is 27.0 Å². The van der Waals surface area contributed by atoms with Crippen molar-refractivity contribution in [2.24, 2.45) is 0 Å². The molecule has 0 radical (unpaired) electrons. The zero-order valence-corrected chi connectivity index (χ0v) is 7.82. The van der Waals surface area contributed by atoms with Gasteiger partial charge in [0.1, 0.15) is 0 Å². The van der Waals surface area contributed by atoms with Crippen LogP contribution >= 0.6 is 27.5 Å². The summed E-state index contributed by atoms with van der Waals surface area (Å²) < 4.78 is 0.697. The maximum atomic E-state index is 10.3. The van der Waals surface area contributed by atoms with Crippen molar-refractivity contribution in [1.82, 2.24) is 0 Å². The number of aldehydes is 1. The van der Waals surface area contributed by atoms with E-state index < -0.39 is 0 Å². The van der Waals surface area contributed by atoms with Gasteiger partial charge in [-0.25, -0.2) is 0 Å². The topological polar surface area (TPSA) is 43.1 Å². The molecule has 0 amide bonds. The van der Waals surface area contributed by atoms with Crippen molar-refractivity contribution in [2.45, 2.75) is 0 Å². The number of rotatable bonds is 1. The van der Waals surface area contributed by atoms with Crippen LogP contribution in [0.2, 0.25) is 5.02 Å². The molecule has 2 N–H and O–H groups in total. The molecule has 0 aromatic heterocycles. The molecule has 0 aliphatic carbocycles. The van der Waals surface area contributed by atoms with Crippen molar-refractivity contribution >= 4 is 39.5 Å². The number of halogens is 2. The van der Waals surface area contributed by atoms with Gasteiger partial charge in [0.15, 0.2) is 6.29 Å². The zero-order chi connectivity index (χ0) is 8.43. The molecule has 0 saturated heterocycles. The third-order valence-electron chi connectivity index (χ3n) is 1.25. The van der Waals surface area contributed by atoms with Gasteiger partial charge in [0.05, 0.1) is 5.02 Å². The van der Waals surface area contributed by atoms with Gasteiger partial charge < -0.3 is 5.73 Å². The Balaban J connectivity index is 3.31. The van der Waals surface area contributed by atoms with Crippen LogP contribution in [0.5, 0.6) is 0 Å². The fraction of sp³-hybridized carbons (Fsp3) is 0. The van der Waals surface area contributed by atoms with Gasteiger partial charge in [-0.3, -0.25) is 4.79 Å². The highest BCUT2D eigenvalue weighted by Gasteiger charge is 2.02. The van der Waals surface area contributed by atoms with Crippen molar-refractivity contribution < 1.29 is 4.79 Å². The van der Waals surface area contributed by atoms with E-state index >= 15 is 0 Å². The van der Waals surface area contributed by atoms with E-state index in [2.05, 4.69) is 15.9 Å². The number of nitrogens with two attached hydrogens (primary N) is 1. The average Bonchev–Trinajstić information content (AvgIpc) is 1.97. The normalized spacial score (nSPS) is 9.64. The van der Waals surface area contributed by atoms with Gasteiger partial charge in [0.2, 0.25) is 0 Å². The first-order valence-electron chi connectivity index (χ1n) is 2.85. The standard InChI is InChI=1S/C7H5BrClNO/c8-5-2-7(10)4(3-11)1-6(5)9/h1-3H,10H2. The van der Waals surface area contributed by atoms with E-state index in [1.54, 1.807) is 6.07 Å². The smallest absolute Gasteiger partial charge is 0.152 e. The lowest BCUT2D eigenvalue weighted by atomic mass is 10.2. The van der Waals surface area contributed by atoms with Gasteiger partial charge in [-0.2, -0.15) is 0 Å². The van der Waals surface area contributed by atoms with Gasteiger partial charge in [-0.05, 0) is 28.1 Å². The van der Waals surface area contributed by atoms with Crippen LogP contribution in [0.3, 0.4) is 0 Å². The Labute approximate surface area is 77.5 Å². The lowest BCUT2D eigenvalue weighted by molar-refractivity contribution is 0.112. The lowest BCUT2D eigenvalue weighted by Gasteiger charge is -2.00. The number of hydrogen-bond acceptors (Lipinski definition) is 2. The molecule has 1 rings (SSSR count). The molecule has 0 saturated carbocycles. The van der Waals surface area contributed by atoms with Crippen LogP contribution in [-0.4, -0.2) is 6.29 Å². The van der Waals surface area contributed by atoms with Crippen LogP contribution in [0.15, 0.2) is 16.6 Å². The molecule has 2 nitrogen and oxygen atoms in total. The highest BCUT2D eigenvalue weighted by atomic mass is 79.9. The molecule has 0 spiro atoms. The lowest BCUT2D eigenvalue weighted by Crippen LogP contribution is -1.92. The maximum Gasteiger partial charge on any atom is 0.152 e. The minimum atomic E-state index is 0.415. The second-order valence-electron chi connectivity index (χ2n) is 2.01. The monoisotopic (exact) mass is 233 g/mol. The largest absolute Gasteiger partial charge is 0.398 e. The second kappa shape index (κ2) is 3.24. The van der Waals surface area contributed by atoms with Crippen LogP contribution in [-0.2, 0) is 0 Å². The summed E-state index contributed by atoms with van der Waals surface area (Å²) in [5.74, 6) is 0. The molecule has 58 valence electrons. The Morgan fingerprint density at radius 1 is 1.55 bits per heavy atom. The van der Waals surface area contributed by atoms with E-state index in [9.17, 15) is 4.79 Å². The molecule has 0 heterocycles. The van der Waals surface area contributed by atoms with E-state index in [4.69, 9.17) is 17.3 Å². The number of carbonyl (C=O) groups is 1. The Hall–Kier alpha value is -0.540. The molecule has 0 fully saturated rings. The van der Waals surface area contributed by atoms with Gasteiger partial charge >= 0.3 is 0 Å². The van der Waals surface area contributed by atoms with E-state index in [1.165, 1.54) is 6.07 Å². The van der Waals surface area contributed by atoms with Crippen molar-refractivity contribution in [1.29, 1.82) is 0 Å². The Morgan fingerprint density at radius 3 is 2.73 bits per heavy atom. The summed E-state index contributed by atoms with van der Waals surface area (Å²) in [6.45, 7) is 0. The van der Waals surface area contributed by atoms with E-state index in [-0.39, 0.29) is 0 Å². The predicted octanol–water partition coefficient (Wildman–Crippen LogP) is 2.50. The highest BCUT2D eigenvalue weighted by molar-refractivity contribution is 9.10. The second-order valence-corrected chi connectivity index (χ2v) is 3.27. The zero-order valence-electron chi connectivity index (χ0n) is 5.47. The first-order valence-corrected chi connectivity index (χ1v) is 4.02. The van der Waals surface area contributed by atoms with Gasteiger partial charge in [0, 0.05) is 15.7 Å². The van der Waals surface area contributed by atoms with Gasteiger partial charge in [0.25, 0.3) is 0 Å². The summed E-state index contributed by atoms with van der Waals surface area (Å²) in [5.41, 5.74) is 6.32. The predicted molar refractivity (Wildman–Crippen MR) is 49.0 cm³/mol. The minimum Gasteiger partial charge on any atom is -0.398 e. The quantitative estimate of drug-likeness (QED) is 0.599. The fourth-order valence-electron chi connectivity index (χ4n) is 0.680. The number of anilines is 1. The molecule has 0 unspecified atom stereocenters. The van der Waals surface area contributed by atoms with Crippen molar-refractivity contribution in [2.75, 3.05) is 5.73 Å². The first kappa shape index (κ1) is 8.56. The molecule has 0 aliphatic heterocycles. The van der Waals surface area contributed by atoms with Crippen molar-refractivity contribution in [3.63, 3.8) is 0 Å². The number of nitrogen functional groups attached to an aromatic ring is 1. The van der Waals surface area contributed by atoms with E-state index in [1.807, 2.05) is 0 Å². The molecule has 1 aromatic rings. The SMILES string of the molecule is Nc1cc(Br)c(Cl)cc1C=O. The number of benzene rings is 1. The Bertz CT molecular complexity index is 301. The molecule has 0 atom stereocenters. The van der Waals surface area contributed by atoms with Crippen molar-refractivity contribution in [3.05, 3.63) is 27.2 Å². The molecular weight excluding hydrogens is 229 g/mol. The fourth-order valence-corrected chi connectivity index (χ4v) is 1.21. The van der Waals surface area contributed by atoms with Crippen LogP contribution in [0.25, 0.3) is 0 Å². The molecular formula is C7H5BrClNO. The van der Waals surface area contributed by atoms with Crippen LogP contribution < -0.4 is 5.73 Å². The highest BCUT2D eigenvalue weighted by Crippen LogP contribution is 2.26. The average molecular weight is 234 g/mol. The summed E-state index contributed by atoms with van der Waals surface area (Å²) in [5, 5.41) is 0.487. The number of carbonyl (C=O) groups excluding carboxylic acids is 1. The Morgan fingerprint density at radius 2 is 2.18 bits per heavy atom. The van der Waals surface area contributed by atoms with Gasteiger partial charge in [-0.1, -0.05) is 11.6 Å². The van der Waals surface area contributed by atoms with Crippen molar-refractivity contribution in [3.8, 4) is 0 Å². The summed E-state index contributed by atoms with van der Waals surface area (Å²) in [7, 11) is 0. The third-order valence-corrected chi connectivity index (χ3v) is 2.45.